The van der Waals surface area contributed by atoms with E-state index in [0.29, 0.717) is 19.0 Å². The van der Waals surface area contributed by atoms with Gasteiger partial charge < -0.3 is 15.4 Å². The van der Waals surface area contributed by atoms with E-state index in [0.717, 1.165) is 31.5 Å². The van der Waals surface area contributed by atoms with Gasteiger partial charge in [-0.2, -0.15) is 13.2 Å². The van der Waals surface area contributed by atoms with E-state index in [1.807, 2.05) is 13.0 Å². The predicted molar refractivity (Wildman–Crippen MR) is 129 cm³/mol. The van der Waals surface area contributed by atoms with Crippen LogP contribution in [0.25, 0.3) is 0 Å². The number of rotatable bonds is 9. The van der Waals surface area contributed by atoms with Gasteiger partial charge >= 0.3 is 6.18 Å². The topological polar surface area (TPSA) is 52.1 Å². The summed E-state index contributed by atoms with van der Waals surface area (Å²) in [7, 11) is 2.88. The highest BCUT2D eigenvalue weighted by Crippen LogP contribution is 2.20. The Labute approximate surface area is 204 Å². The number of alkyl halides is 3. The highest BCUT2D eigenvalue weighted by atomic mass is 127. The molecule has 184 valence electrons. The molecule has 1 saturated heterocycles. The minimum absolute atomic E-state index is 0. The standard InChI is InChI=1S/C21H33F4N5O.HI/c1-4-26-20(27-9-12-29(2)15-21(23,24)25)28-17-7-10-30(11-8-17)14-16-5-6-19(31-3)18(22)13-16;/h5-6,13,17H,4,7-12,14-15H2,1-3H3,(H2,26,27,28);1H. The molecule has 0 saturated carbocycles. The summed E-state index contributed by atoms with van der Waals surface area (Å²) < 4.78 is 56.1. The molecule has 1 aromatic rings. The number of nitrogens with one attached hydrogen (secondary N) is 2. The van der Waals surface area contributed by atoms with Gasteiger partial charge in [0.1, 0.15) is 0 Å². The number of likely N-dealkylation sites (N-methyl/N-ethyl adjacent to an activating group) is 1. The average molecular weight is 575 g/mol. The number of nitrogens with zero attached hydrogens (tertiary/aromatic N) is 3. The molecule has 0 aliphatic carbocycles. The van der Waals surface area contributed by atoms with E-state index >= 15 is 0 Å². The number of halogens is 5. The Hall–Kier alpha value is -1.34. The third-order valence-corrected chi connectivity index (χ3v) is 5.10. The van der Waals surface area contributed by atoms with Crippen molar-refractivity contribution in [3.05, 3.63) is 29.6 Å². The van der Waals surface area contributed by atoms with Crippen LogP contribution in [-0.4, -0.2) is 81.4 Å². The first-order valence-corrected chi connectivity index (χ1v) is 10.5. The molecule has 1 aliphatic heterocycles. The van der Waals surface area contributed by atoms with Gasteiger partial charge in [0.15, 0.2) is 17.5 Å². The van der Waals surface area contributed by atoms with E-state index in [1.54, 1.807) is 6.07 Å². The Kier molecular flexibility index (Phi) is 12.6. The van der Waals surface area contributed by atoms with Crippen molar-refractivity contribution in [3.63, 3.8) is 0 Å². The Morgan fingerprint density at radius 3 is 2.53 bits per heavy atom. The summed E-state index contributed by atoms with van der Waals surface area (Å²) in [5, 5.41) is 6.53. The first-order chi connectivity index (χ1) is 14.7. The second kappa shape index (κ2) is 14.0. The van der Waals surface area contributed by atoms with Crippen molar-refractivity contribution in [1.82, 2.24) is 20.4 Å². The van der Waals surface area contributed by atoms with Gasteiger partial charge in [-0.25, -0.2) is 4.39 Å². The van der Waals surface area contributed by atoms with Gasteiger partial charge in [-0.05, 0) is 44.5 Å². The normalized spacial score (nSPS) is 16.1. The van der Waals surface area contributed by atoms with Gasteiger partial charge in [-0.15, -0.1) is 24.0 Å². The van der Waals surface area contributed by atoms with Crippen molar-refractivity contribution in [3.8, 4) is 5.75 Å². The van der Waals surface area contributed by atoms with Crippen molar-refractivity contribution >= 4 is 29.9 Å². The molecule has 0 unspecified atom stereocenters. The number of hydrogen-bond donors (Lipinski definition) is 2. The fourth-order valence-electron chi connectivity index (χ4n) is 3.53. The fourth-order valence-corrected chi connectivity index (χ4v) is 3.53. The number of likely N-dealkylation sites (tertiary alicyclic amines) is 1. The van der Waals surface area contributed by atoms with Gasteiger partial charge in [-0.1, -0.05) is 6.07 Å². The van der Waals surface area contributed by atoms with Gasteiger partial charge in [0.25, 0.3) is 0 Å². The van der Waals surface area contributed by atoms with Gasteiger partial charge in [0.2, 0.25) is 0 Å². The molecule has 1 fully saturated rings. The fraction of sp³-hybridized carbons (Fsp3) is 0.667. The Morgan fingerprint density at radius 2 is 1.97 bits per heavy atom. The van der Waals surface area contributed by atoms with Gasteiger partial charge in [0, 0.05) is 38.8 Å². The van der Waals surface area contributed by atoms with Gasteiger partial charge in [-0.3, -0.25) is 14.8 Å². The number of piperidine rings is 1. The maximum Gasteiger partial charge on any atom is 0.401 e. The van der Waals surface area contributed by atoms with Crippen LogP contribution < -0.4 is 15.4 Å². The first-order valence-electron chi connectivity index (χ1n) is 10.5. The number of guanidine groups is 1. The number of aliphatic imine (C=N–C) groups is 1. The average Bonchev–Trinajstić information content (AvgIpc) is 2.68. The van der Waals surface area contributed by atoms with Crippen molar-refractivity contribution in [2.45, 2.75) is 38.5 Å². The SMILES string of the molecule is CCNC(=NCCN(C)CC(F)(F)F)NC1CCN(Cc2ccc(OC)c(F)c2)CC1.I. The van der Waals surface area contributed by atoms with E-state index < -0.39 is 12.7 Å². The van der Waals surface area contributed by atoms with Crippen LogP contribution in [0.3, 0.4) is 0 Å². The quantitative estimate of drug-likeness (QED) is 0.205. The lowest BCUT2D eigenvalue weighted by molar-refractivity contribution is -0.142. The summed E-state index contributed by atoms with van der Waals surface area (Å²) in [5.74, 6) is 0.508. The van der Waals surface area contributed by atoms with Crippen molar-refractivity contribution in [2.24, 2.45) is 4.99 Å². The van der Waals surface area contributed by atoms with E-state index in [9.17, 15) is 17.6 Å². The molecule has 0 atom stereocenters. The number of hydrogen-bond acceptors (Lipinski definition) is 4. The molecular formula is C21H34F4IN5O. The molecule has 2 N–H and O–H groups in total. The molecule has 0 bridgehead atoms. The third kappa shape index (κ3) is 10.5. The van der Waals surface area contributed by atoms with Crippen molar-refractivity contribution in [1.29, 1.82) is 0 Å². The van der Waals surface area contributed by atoms with Crippen LogP contribution in [0.4, 0.5) is 17.6 Å². The molecule has 0 amide bonds. The Balaban J connectivity index is 0.00000512. The summed E-state index contributed by atoms with van der Waals surface area (Å²) >= 11 is 0. The minimum atomic E-state index is -4.20. The Bertz CT molecular complexity index is 712. The van der Waals surface area contributed by atoms with Crippen LogP contribution >= 0.6 is 24.0 Å². The number of ether oxygens (including phenoxy) is 1. The van der Waals surface area contributed by atoms with Crippen LogP contribution in [0, 0.1) is 5.82 Å². The summed E-state index contributed by atoms with van der Waals surface area (Å²) in [5.41, 5.74) is 0.905. The second-order valence-electron chi connectivity index (χ2n) is 7.78. The van der Waals surface area contributed by atoms with Crippen LogP contribution in [0.5, 0.6) is 5.75 Å². The van der Waals surface area contributed by atoms with Crippen LogP contribution in [0.15, 0.2) is 23.2 Å². The lowest BCUT2D eigenvalue weighted by Gasteiger charge is -2.33. The molecule has 1 heterocycles. The molecule has 1 aromatic carbocycles. The van der Waals surface area contributed by atoms with E-state index in [1.165, 1.54) is 25.1 Å². The Morgan fingerprint density at radius 1 is 1.28 bits per heavy atom. The molecule has 32 heavy (non-hydrogen) atoms. The highest BCUT2D eigenvalue weighted by molar-refractivity contribution is 14.0. The first kappa shape index (κ1) is 28.7. The van der Waals surface area contributed by atoms with Crippen LogP contribution in [0.1, 0.15) is 25.3 Å². The summed E-state index contributed by atoms with van der Waals surface area (Å²) in [6.07, 6.45) is -2.40. The van der Waals surface area contributed by atoms with Crippen LogP contribution in [0.2, 0.25) is 0 Å². The monoisotopic (exact) mass is 575 g/mol. The lowest BCUT2D eigenvalue weighted by Crippen LogP contribution is -2.48. The smallest absolute Gasteiger partial charge is 0.401 e. The summed E-state index contributed by atoms with van der Waals surface area (Å²) in [4.78, 5) is 7.90. The molecule has 1 aliphatic rings. The van der Waals surface area contributed by atoms with E-state index in [4.69, 9.17) is 4.74 Å². The molecule has 6 nitrogen and oxygen atoms in total. The van der Waals surface area contributed by atoms with Crippen molar-refractivity contribution in [2.75, 3.05) is 53.4 Å². The van der Waals surface area contributed by atoms with E-state index in [-0.39, 0.29) is 54.7 Å². The lowest BCUT2D eigenvalue weighted by atomic mass is 10.0. The summed E-state index contributed by atoms with van der Waals surface area (Å²) in [6.45, 7) is 4.58. The zero-order valence-corrected chi connectivity index (χ0v) is 21.2. The predicted octanol–water partition coefficient (Wildman–Crippen LogP) is 3.47. The third-order valence-electron chi connectivity index (χ3n) is 5.10. The molecule has 0 aromatic heterocycles. The molecule has 0 spiro atoms. The van der Waals surface area contributed by atoms with Crippen molar-refractivity contribution < 1.29 is 22.3 Å². The minimum Gasteiger partial charge on any atom is -0.494 e. The van der Waals surface area contributed by atoms with E-state index in [2.05, 4.69) is 20.5 Å². The molecular weight excluding hydrogens is 541 g/mol. The van der Waals surface area contributed by atoms with Gasteiger partial charge in [0.05, 0.1) is 20.2 Å². The zero-order chi connectivity index (χ0) is 22.9. The second-order valence-corrected chi connectivity index (χ2v) is 7.78. The molecule has 0 radical (unpaired) electrons. The number of benzene rings is 1. The maximum absolute atomic E-state index is 13.9. The highest BCUT2D eigenvalue weighted by Gasteiger charge is 2.28. The zero-order valence-electron chi connectivity index (χ0n) is 18.8. The largest absolute Gasteiger partial charge is 0.494 e. The molecule has 11 heteroatoms. The molecule has 2 rings (SSSR count). The number of methoxy groups -OCH3 is 1. The maximum atomic E-state index is 13.9. The summed E-state index contributed by atoms with van der Waals surface area (Å²) in [6, 6.07) is 5.26. The van der Waals surface area contributed by atoms with Crippen LogP contribution in [-0.2, 0) is 6.54 Å².